The van der Waals surface area contributed by atoms with Crippen LogP contribution in [-0.4, -0.2) is 11.2 Å². The van der Waals surface area contributed by atoms with Crippen LogP contribution >= 0.6 is 35.0 Å². The van der Waals surface area contributed by atoms with Gasteiger partial charge in [-0.25, -0.2) is 0 Å². The molecule has 3 N–H and O–H groups in total. The molecular weight excluding hydrogens is 300 g/mol. The molecule has 0 bridgehead atoms. The smallest absolute Gasteiger partial charge is 0.0704 e. The number of halogens is 2. The maximum Gasteiger partial charge on any atom is 0.0704 e. The van der Waals surface area contributed by atoms with Gasteiger partial charge >= 0.3 is 0 Å². The van der Waals surface area contributed by atoms with Crippen LogP contribution in [0.15, 0.2) is 24.3 Å². The van der Waals surface area contributed by atoms with E-state index in [2.05, 4.69) is 22.6 Å². The van der Waals surface area contributed by atoms with E-state index in [1.807, 2.05) is 24.3 Å². The molecule has 0 spiro atoms. The molecule has 0 aromatic heterocycles. The first-order chi connectivity index (χ1) is 5.61. The van der Waals surface area contributed by atoms with Gasteiger partial charge in [0.05, 0.1) is 12.1 Å². The highest BCUT2D eigenvalue weighted by molar-refractivity contribution is 14.1. The molecule has 2 atom stereocenters. The molecule has 1 rings (SSSR count). The van der Waals surface area contributed by atoms with Crippen molar-refractivity contribution in [3.8, 4) is 0 Å². The van der Waals surface area contributed by atoms with Crippen LogP contribution in [0.3, 0.4) is 0 Å². The van der Waals surface area contributed by atoms with Crippen LogP contribution in [-0.2, 0) is 0 Å². The van der Waals surface area contributed by atoms with Gasteiger partial charge in [-0.15, -0.1) is 12.4 Å². The lowest BCUT2D eigenvalue weighted by Crippen LogP contribution is -2.23. The fourth-order valence-electron chi connectivity index (χ4n) is 0.992. The van der Waals surface area contributed by atoms with Gasteiger partial charge in [0.2, 0.25) is 0 Å². The third-order valence-electron chi connectivity index (χ3n) is 1.75. The van der Waals surface area contributed by atoms with Crippen molar-refractivity contribution in [1.82, 2.24) is 0 Å². The van der Waals surface area contributed by atoms with Gasteiger partial charge in [-0.1, -0.05) is 12.1 Å². The Balaban J connectivity index is 0.00000144. The molecule has 0 aliphatic heterocycles. The summed E-state index contributed by atoms with van der Waals surface area (Å²) in [7, 11) is 0. The van der Waals surface area contributed by atoms with Crippen molar-refractivity contribution in [1.29, 1.82) is 0 Å². The zero-order chi connectivity index (χ0) is 9.14. The standard InChI is InChI=1S/C9H12INO.ClH/c1-6(12)9(11)7-3-2-4-8(10)5-7;/h2-6,9,12H,11H2,1H3;1H/t6-,9-;/m0./s1. The quantitative estimate of drug-likeness (QED) is 0.821. The van der Waals surface area contributed by atoms with Crippen LogP contribution < -0.4 is 5.73 Å². The lowest BCUT2D eigenvalue weighted by Gasteiger charge is -2.14. The zero-order valence-electron chi connectivity index (χ0n) is 7.27. The third kappa shape index (κ3) is 3.81. The molecule has 0 saturated carbocycles. The van der Waals surface area contributed by atoms with Gasteiger partial charge in [0.15, 0.2) is 0 Å². The molecule has 74 valence electrons. The summed E-state index contributed by atoms with van der Waals surface area (Å²) < 4.78 is 1.14. The van der Waals surface area contributed by atoms with E-state index < -0.39 is 6.10 Å². The number of hydrogen-bond donors (Lipinski definition) is 2. The summed E-state index contributed by atoms with van der Waals surface area (Å²) in [5.74, 6) is 0. The minimum Gasteiger partial charge on any atom is -0.391 e. The SMILES string of the molecule is C[C@H](O)[C@H](N)c1cccc(I)c1.Cl. The van der Waals surface area contributed by atoms with Gasteiger partial charge in [-0.2, -0.15) is 0 Å². The van der Waals surface area contributed by atoms with Crippen molar-refractivity contribution in [2.24, 2.45) is 5.73 Å². The van der Waals surface area contributed by atoms with Crippen LogP contribution in [0.4, 0.5) is 0 Å². The van der Waals surface area contributed by atoms with E-state index in [0.717, 1.165) is 9.13 Å². The first kappa shape index (κ1) is 13.2. The molecule has 0 heterocycles. The maximum atomic E-state index is 9.24. The Labute approximate surface area is 98.1 Å². The van der Waals surface area contributed by atoms with Gasteiger partial charge in [0, 0.05) is 3.57 Å². The fraction of sp³-hybridized carbons (Fsp3) is 0.333. The van der Waals surface area contributed by atoms with Gasteiger partial charge in [0.25, 0.3) is 0 Å². The van der Waals surface area contributed by atoms with E-state index >= 15 is 0 Å². The largest absolute Gasteiger partial charge is 0.391 e. The zero-order valence-corrected chi connectivity index (χ0v) is 10.2. The molecule has 13 heavy (non-hydrogen) atoms. The van der Waals surface area contributed by atoms with E-state index in [1.54, 1.807) is 6.92 Å². The number of aliphatic hydroxyl groups is 1. The minimum atomic E-state index is -0.497. The Morgan fingerprint density at radius 3 is 2.54 bits per heavy atom. The lowest BCUT2D eigenvalue weighted by molar-refractivity contribution is 0.164. The summed E-state index contributed by atoms with van der Waals surface area (Å²) in [5, 5.41) is 9.24. The molecule has 0 amide bonds. The molecule has 0 unspecified atom stereocenters. The van der Waals surface area contributed by atoms with Crippen LogP contribution in [0.2, 0.25) is 0 Å². The van der Waals surface area contributed by atoms with Crippen LogP contribution in [0.1, 0.15) is 18.5 Å². The van der Waals surface area contributed by atoms with Crippen molar-refractivity contribution in [2.45, 2.75) is 19.1 Å². The van der Waals surface area contributed by atoms with Crippen molar-refractivity contribution >= 4 is 35.0 Å². The highest BCUT2D eigenvalue weighted by Crippen LogP contribution is 2.16. The molecule has 1 aromatic rings. The Hall–Kier alpha value is 0.160. The normalized spacial score (nSPS) is 14.5. The summed E-state index contributed by atoms with van der Waals surface area (Å²) in [5.41, 5.74) is 6.74. The van der Waals surface area contributed by atoms with E-state index in [-0.39, 0.29) is 18.4 Å². The van der Waals surface area contributed by atoms with Gasteiger partial charge < -0.3 is 10.8 Å². The average molecular weight is 314 g/mol. The van der Waals surface area contributed by atoms with Crippen LogP contribution in [0.5, 0.6) is 0 Å². The topological polar surface area (TPSA) is 46.2 Å². The minimum absolute atomic E-state index is 0. The molecule has 0 radical (unpaired) electrons. The second-order valence-corrected chi connectivity index (χ2v) is 4.07. The number of benzene rings is 1. The van der Waals surface area contributed by atoms with E-state index in [1.165, 1.54) is 0 Å². The second-order valence-electron chi connectivity index (χ2n) is 2.82. The monoisotopic (exact) mass is 313 g/mol. The second kappa shape index (κ2) is 5.80. The number of rotatable bonds is 2. The van der Waals surface area contributed by atoms with Crippen molar-refractivity contribution in [3.63, 3.8) is 0 Å². The predicted octanol–water partition coefficient (Wildman–Crippen LogP) is 2.09. The summed E-state index contributed by atoms with van der Waals surface area (Å²) in [6, 6.07) is 7.58. The third-order valence-corrected chi connectivity index (χ3v) is 2.42. The molecule has 0 fully saturated rings. The number of aliphatic hydroxyl groups excluding tert-OH is 1. The number of hydrogen-bond acceptors (Lipinski definition) is 2. The summed E-state index contributed by atoms with van der Waals surface area (Å²) in [4.78, 5) is 0. The summed E-state index contributed by atoms with van der Waals surface area (Å²) >= 11 is 2.22. The van der Waals surface area contributed by atoms with Crippen LogP contribution in [0, 0.1) is 3.57 Å². The highest BCUT2D eigenvalue weighted by Gasteiger charge is 2.11. The molecule has 0 saturated heterocycles. The van der Waals surface area contributed by atoms with E-state index in [9.17, 15) is 5.11 Å². The Morgan fingerprint density at radius 2 is 2.08 bits per heavy atom. The van der Waals surface area contributed by atoms with E-state index in [0.29, 0.717) is 0 Å². The van der Waals surface area contributed by atoms with Gasteiger partial charge in [-0.05, 0) is 47.2 Å². The molecule has 2 nitrogen and oxygen atoms in total. The first-order valence-corrected chi connectivity index (χ1v) is 4.88. The van der Waals surface area contributed by atoms with Crippen molar-refractivity contribution < 1.29 is 5.11 Å². The van der Waals surface area contributed by atoms with Gasteiger partial charge in [0.1, 0.15) is 0 Å². The fourth-order valence-corrected chi connectivity index (χ4v) is 1.56. The number of nitrogens with two attached hydrogens (primary N) is 1. The average Bonchev–Trinajstić information content (AvgIpc) is 2.03. The van der Waals surface area contributed by atoms with Gasteiger partial charge in [-0.3, -0.25) is 0 Å². The van der Waals surface area contributed by atoms with E-state index in [4.69, 9.17) is 5.73 Å². The Morgan fingerprint density at radius 1 is 1.46 bits per heavy atom. The predicted molar refractivity (Wildman–Crippen MR) is 65.0 cm³/mol. The molecular formula is C9H13ClINO. The molecule has 0 aliphatic carbocycles. The van der Waals surface area contributed by atoms with Crippen molar-refractivity contribution in [3.05, 3.63) is 33.4 Å². The van der Waals surface area contributed by atoms with Crippen molar-refractivity contribution in [2.75, 3.05) is 0 Å². The molecule has 4 heteroatoms. The highest BCUT2D eigenvalue weighted by atomic mass is 127. The van der Waals surface area contributed by atoms with Crippen LogP contribution in [0.25, 0.3) is 0 Å². The lowest BCUT2D eigenvalue weighted by atomic mass is 10.0. The molecule has 0 aliphatic rings. The first-order valence-electron chi connectivity index (χ1n) is 3.80. The Kier molecular flexibility index (Phi) is 5.87. The maximum absolute atomic E-state index is 9.24. The Bertz CT molecular complexity index is 268. The molecule has 1 aromatic carbocycles. The summed E-state index contributed by atoms with van der Waals surface area (Å²) in [6.07, 6.45) is -0.497. The summed E-state index contributed by atoms with van der Waals surface area (Å²) in [6.45, 7) is 1.70.